The van der Waals surface area contributed by atoms with E-state index in [2.05, 4.69) is 10.3 Å². The normalized spacial score (nSPS) is 11.1. The fourth-order valence-corrected chi connectivity index (χ4v) is 3.71. The van der Waals surface area contributed by atoms with Crippen molar-refractivity contribution in [2.24, 2.45) is 14.1 Å². The predicted molar refractivity (Wildman–Crippen MR) is 114 cm³/mol. The first kappa shape index (κ1) is 20.5. The molecular formula is C22H26N4O3. The van der Waals surface area contributed by atoms with E-state index >= 15 is 0 Å². The highest BCUT2D eigenvalue weighted by Crippen LogP contribution is 2.21. The maximum atomic E-state index is 12.7. The molecule has 7 nitrogen and oxygen atoms in total. The zero-order valence-electron chi connectivity index (χ0n) is 17.5. The Bertz CT molecular complexity index is 1220. The number of nitrogens with zero attached hydrogens (tertiary/aromatic N) is 3. The maximum Gasteiger partial charge on any atom is 0.332 e. The Labute approximate surface area is 169 Å². The largest absolute Gasteiger partial charge is 0.332 e. The van der Waals surface area contributed by atoms with Gasteiger partial charge in [0, 0.05) is 31.9 Å². The van der Waals surface area contributed by atoms with Gasteiger partial charge in [-0.25, -0.2) is 9.78 Å². The highest BCUT2D eigenvalue weighted by Gasteiger charge is 2.17. The van der Waals surface area contributed by atoms with Crippen LogP contribution in [0.3, 0.4) is 0 Å². The molecule has 1 amide bonds. The van der Waals surface area contributed by atoms with Crippen molar-refractivity contribution in [1.82, 2.24) is 14.1 Å². The molecule has 0 radical (unpaired) electrons. The summed E-state index contributed by atoms with van der Waals surface area (Å²) in [7, 11) is 3.07. The number of rotatable bonds is 5. The van der Waals surface area contributed by atoms with Gasteiger partial charge in [-0.15, -0.1) is 0 Å². The van der Waals surface area contributed by atoms with Gasteiger partial charge in [-0.3, -0.25) is 18.7 Å². The lowest BCUT2D eigenvalue weighted by Crippen LogP contribution is -2.38. The van der Waals surface area contributed by atoms with E-state index in [0.717, 1.165) is 39.1 Å². The topological polar surface area (TPSA) is 86.0 Å². The molecule has 0 saturated carbocycles. The SMILES string of the molecule is CCc1ccccc1NC(=O)CCc1c(C)nc2c(c1C)c(=O)n(C)c(=O)n2C. The van der Waals surface area contributed by atoms with Crippen molar-refractivity contribution in [1.29, 1.82) is 0 Å². The van der Waals surface area contributed by atoms with Crippen molar-refractivity contribution in [2.75, 3.05) is 5.32 Å². The molecule has 0 atom stereocenters. The van der Waals surface area contributed by atoms with Gasteiger partial charge in [-0.05, 0) is 49.4 Å². The van der Waals surface area contributed by atoms with E-state index in [1.165, 1.54) is 11.6 Å². The Kier molecular flexibility index (Phi) is 5.68. The first-order valence-corrected chi connectivity index (χ1v) is 9.69. The number of benzene rings is 1. The number of hydrogen-bond donors (Lipinski definition) is 1. The minimum Gasteiger partial charge on any atom is -0.326 e. The Balaban J connectivity index is 1.92. The lowest BCUT2D eigenvalue weighted by atomic mass is 9.99. The number of para-hydroxylation sites is 1. The zero-order chi connectivity index (χ0) is 21.3. The van der Waals surface area contributed by atoms with Gasteiger partial charge in [0.25, 0.3) is 5.56 Å². The lowest BCUT2D eigenvalue weighted by Gasteiger charge is -2.15. The number of aromatic nitrogens is 3. The number of carbonyl (C=O) groups excluding carboxylic acids is 1. The molecule has 1 N–H and O–H groups in total. The van der Waals surface area contributed by atoms with Crippen LogP contribution in [0.4, 0.5) is 5.69 Å². The Morgan fingerprint density at radius 3 is 2.48 bits per heavy atom. The number of pyridine rings is 1. The smallest absolute Gasteiger partial charge is 0.326 e. The van der Waals surface area contributed by atoms with Crippen LogP contribution >= 0.6 is 0 Å². The zero-order valence-corrected chi connectivity index (χ0v) is 17.5. The molecule has 152 valence electrons. The van der Waals surface area contributed by atoms with Crippen LogP contribution in [-0.2, 0) is 31.7 Å². The van der Waals surface area contributed by atoms with Crippen molar-refractivity contribution < 1.29 is 4.79 Å². The Morgan fingerprint density at radius 2 is 1.79 bits per heavy atom. The molecule has 2 heterocycles. The summed E-state index contributed by atoms with van der Waals surface area (Å²) in [5, 5.41) is 3.40. The standard InChI is InChI=1S/C22H26N4O3/c1-6-15-9-7-8-10-17(15)24-18(27)12-11-16-13(2)19-20(23-14(16)3)25(4)22(29)26(5)21(19)28/h7-10H,6,11-12H2,1-5H3,(H,24,27). The average molecular weight is 394 g/mol. The molecule has 0 aliphatic rings. The Morgan fingerprint density at radius 1 is 1.10 bits per heavy atom. The molecule has 2 aromatic heterocycles. The van der Waals surface area contributed by atoms with Crippen molar-refractivity contribution in [3.05, 3.63) is 67.5 Å². The van der Waals surface area contributed by atoms with E-state index in [9.17, 15) is 14.4 Å². The Hall–Kier alpha value is -3.22. The summed E-state index contributed by atoms with van der Waals surface area (Å²) in [5.74, 6) is -0.0850. The molecule has 29 heavy (non-hydrogen) atoms. The number of aryl methyl sites for hydroxylation is 4. The van der Waals surface area contributed by atoms with Crippen LogP contribution < -0.4 is 16.6 Å². The second-order valence-electron chi connectivity index (χ2n) is 7.26. The van der Waals surface area contributed by atoms with Gasteiger partial charge in [-0.1, -0.05) is 25.1 Å². The fourth-order valence-electron chi connectivity index (χ4n) is 3.71. The third-order valence-corrected chi connectivity index (χ3v) is 5.45. The van der Waals surface area contributed by atoms with E-state index in [1.54, 1.807) is 7.05 Å². The van der Waals surface area contributed by atoms with Crippen molar-refractivity contribution in [2.45, 2.75) is 40.0 Å². The molecule has 0 unspecified atom stereocenters. The first-order valence-electron chi connectivity index (χ1n) is 9.69. The number of nitrogens with one attached hydrogen (secondary N) is 1. The number of hydrogen-bond acceptors (Lipinski definition) is 4. The highest BCUT2D eigenvalue weighted by atomic mass is 16.2. The average Bonchev–Trinajstić information content (AvgIpc) is 2.70. The van der Waals surface area contributed by atoms with E-state index in [0.29, 0.717) is 17.5 Å². The van der Waals surface area contributed by atoms with Crippen LogP contribution in [0.2, 0.25) is 0 Å². The second-order valence-corrected chi connectivity index (χ2v) is 7.26. The van der Waals surface area contributed by atoms with Crippen LogP contribution in [0.1, 0.15) is 35.7 Å². The summed E-state index contributed by atoms with van der Waals surface area (Å²) >= 11 is 0. The second kappa shape index (κ2) is 8.03. The molecule has 0 spiro atoms. The van der Waals surface area contributed by atoms with Crippen molar-refractivity contribution in [3.63, 3.8) is 0 Å². The molecule has 3 aromatic rings. The third-order valence-electron chi connectivity index (χ3n) is 5.45. The lowest BCUT2D eigenvalue weighted by molar-refractivity contribution is -0.116. The molecule has 0 saturated heterocycles. The fraction of sp³-hybridized carbons (Fsp3) is 0.364. The van der Waals surface area contributed by atoms with E-state index < -0.39 is 5.69 Å². The first-order chi connectivity index (χ1) is 13.8. The quantitative estimate of drug-likeness (QED) is 0.720. The summed E-state index contributed by atoms with van der Waals surface area (Å²) in [4.78, 5) is 41.9. The van der Waals surface area contributed by atoms with Gasteiger partial charge in [0.05, 0.1) is 5.39 Å². The molecule has 1 aromatic carbocycles. The minimum absolute atomic E-state index is 0.0850. The summed E-state index contributed by atoms with van der Waals surface area (Å²) < 4.78 is 2.47. The van der Waals surface area contributed by atoms with Gasteiger partial charge in [0.1, 0.15) is 5.65 Å². The number of amides is 1. The van der Waals surface area contributed by atoms with Crippen LogP contribution in [0.25, 0.3) is 11.0 Å². The van der Waals surface area contributed by atoms with Crippen LogP contribution in [0.15, 0.2) is 33.9 Å². The number of carbonyl (C=O) groups is 1. The van der Waals surface area contributed by atoms with Crippen LogP contribution in [-0.4, -0.2) is 20.0 Å². The van der Waals surface area contributed by atoms with Crippen molar-refractivity contribution >= 4 is 22.6 Å². The highest BCUT2D eigenvalue weighted by molar-refractivity contribution is 5.91. The molecule has 3 rings (SSSR count). The van der Waals surface area contributed by atoms with E-state index in [-0.39, 0.29) is 17.9 Å². The van der Waals surface area contributed by atoms with E-state index in [1.807, 2.05) is 45.0 Å². The molecule has 0 aliphatic carbocycles. The predicted octanol–water partition coefficient (Wildman–Crippen LogP) is 2.38. The van der Waals surface area contributed by atoms with Gasteiger partial charge in [0.15, 0.2) is 0 Å². The molecule has 0 aliphatic heterocycles. The summed E-state index contributed by atoms with van der Waals surface area (Å²) in [6, 6.07) is 7.75. The maximum absolute atomic E-state index is 12.7. The van der Waals surface area contributed by atoms with E-state index in [4.69, 9.17) is 0 Å². The van der Waals surface area contributed by atoms with Gasteiger partial charge in [0.2, 0.25) is 5.91 Å². The summed E-state index contributed by atoms with van der Waals surface area (Å²) in [6.07, 6.45) is 1.58. The van der Waals surface area contributed by atoms with Crippen LogP contribution in [0, 0.1) is 13.8 Å². The molecule has 0 fully saturated rings. The molecular weight excluding hydrogens is 368 g/mol. The molecule has 7 heteroatoms. The monoisotopic (exact) mass is 394 g/mol. The van der Waals surface area contributed by atoms with Crippen LogP contribution in [0.5, 0.6) is 0 Å². The van der Waals surface area contributed by atoms with Gasteiger partial charge in [-0.2, -0.15) is 0 Å². The minimum atomic E-state index is -0.407. The summed E-state index contributed by atoms with van der Waals surface area (Å²) in [5.41, 5.74) is 3.88. The summed E-state index contributed by atoms with van der Waals surface area (Å²) in [6.45, 7) is 5.74. The van der Waals surface area contributed by atoms with Crippen molar-refractivity contribution in [3.8, 4) is 0 Å². The third kappa shape index (κ3) is 3.72. The van der Waals surface area contributed by atoms with Gasteiger partial charge >= 0.3 is 5.69 Å². The van der Waals surface area contributed by atoms with Gasteiger partial charge < -0.3 is 5.32 Å². The number of anilines is 1. The number of fused-ring (bicyclic) bond motifs is 1. The molecule has 0 bridgehead atoms.